The molecular weight excluding hydrogens is 504 g/mol. The second-order valence-electron chi connectivity index (χ2n) is 5.31. The molecule has 1 aromatic carbocycles. The predicted octanol–water partition coefficient (Wildman–Crippen LogP) is 4.55. The molecular formula is C18H27Br3O3. The van der Waals surface area contributed by atoms with Crippen LogP contribution in [0.3, 0.4) is 0 Å². The Morgan fingerprint density at radius 2 is 0.792 bits per heavy atom. The predicted molar refractivity (Wildman–Crippen MR) is 111 cm³/mol. The molecule has 0 fully saturated rings. The van der Waals surface area contributed by atoms with Crippen molar-refractivity contribution in [3.8, 4) is 0 Å². The lowest BCUT2D eigenvalue weighted by atomic mass is 10.0. The largest absolute Gasteiger partial charge is 0.380 e. The van der Waals surface area contributed by atoms with Gasteiger partial charge in [0.15, 0.2) is 0 Å². The second-order valence-corrected chi connectivity index (χ2v) is 7.69. The molecule has 1 rings (SSSR count). The molecule has 138 valence electrons. The quantitative estimate of drug-likeness (QED) is 0.246. The molecule has 0 unspecified atom stereocenters. The van der Waals surface area contributed by atoms with E-state index in [4.69, 9.17) is 14.2 Å². The van der Waals surface area contributed by atoms with E-state index >= 15 is 0 Å². The average Bonchev–Trinajstić information content (AvgIpc) is 2.59. The van der Waals surface area contributed by atoms with E-state index in [0.717, 1.165) is 74.9 Å². The Hall–Kier alpha value is 0.540. The number of rotatable bonds is 15. The maximum absolute atomic E-state index is 5.59. The van der Waals surface area contributed by atoms with Gasteiger partial charge in [-0.15, -0.1) is 0 Å². The first-order chi connectivity index (χ1) is 11.8. The van der Waals surface area contributed by atoms with E-state index in [0.29, 0.717) is 0 Å². The van der Waals surface area contributed by atoms with Crippen molar-refractivity contribution >= 4 is 47.8 Å². The number of ether oxygens (including phenoxy) is 3. The van der Waals surface area contributed by atoms with E-state index in [9.17, 15) is 0 Å². The molecule has 0 heterocycles. The summed E-state index contributed by atoms with van der Waals surface area (Å²) >= 11 is 10.1. The lowest BCUT2D eigenvalue weighted by molar-refractivity contribution is 0.152. The van der Waals surface area contributed by atoms with E-state index in [-0.39, 0.29) is 0 Å². The summed E-state index contributed by atoms with van der Waals surface area (Å²) in [5, 5.41) is 2.65. The molecule has 6 heteroatoms. The van der Waals surface area contributed by atoms with Crippen molar-refractivity contribution in [2.45, 2.75) is 19.3 Å². The average molecular weight is 531 g/mol. The van der Waals surface area contributed by atoms with Crippen LogP contribution >= 0.6 is 47.8 Å². The van der Waals surface area contributed by atoms with Crippen LogP contribution in [0.15, 0.2) is 18.2 Å². The summed E-state index contributed by atoms with van der Waals surface area (Å²) in [5.74, 6) is 0. The molecule has 0 aromatic heterocycles. The molecule has 3 nitrogen and oxygen atoms in total. The van der Waals surface area contributed by atoms with Crippen molar-refractivity contribution in [3.05, 3.63) is 34.9 Å². The molecule has 1 aromatic rings. The SMILES string of the molecule is BrCCOCCc1cc(CCOCCBr)cc(CCOCCBr)c1. The molecule has 0 aliphatic rings. The van der Waals surface area contributed by atoms with Crippen molar-refractivity contribution in [3.63, 3.8) is 0 Å². The summed E-state index contributed by atoms with van der Waals surface area (Å²) in [6.45, 7) is 4.55. The molecule has 0 saturated heterocycles. The first kappa shape index (κ1) is 22.6. The fraction of sp³-hybridized carbons (Fsp3) is 0.667. The highest BCUT2D eigenvalue weighted by Crippen LogP contribution is 2.13. The van der Waals surface area contributed by atoms with Gasteiger partial charge in [-0.25, -0.2) is 0 Å². The van der Waals surface area contributed by atoms with E-state index in [1.54, 1.807) is 0 Å². The Bertz CT molecular complexity index is 356. The third-order valence-electron chi connectivity index (χ3n) is 3.38. The van der Waals surface area contributed by atoms with Crippen molar-refractivity contribution in [1.82, 2.24) is 0 Å². The molecule has 24 heavy (non-hydrogen) atoms. The summed E-state index contributed by atoms with van der Waals surface area (Å²) in [6.07, 6.45) is 2.83. The lowest BCUT2D eigenvalue weighted by Gasteiger charge is -2.11. The number of hydrogen-bond donors (Lipinski definition) is 0. The van der Waals surface area contributed by atoms with Crippen LogP contribution < -0.4 is 0 Å². The minimum atomic E-state index is 0.757. The van der Waals surface area contributed by atoms with E-state index in [1.165, 1.54) is 16.7 Å². The minimum absolute atomic E-state index is 0.757. The zero-order chi connectivity index (χ0) is 17.5. The molecule has 0 N–H and O–H groups in total. The Balaban J connectivity index is 2.58. The number of alkyl halides is 3. The summed E-state index contributed by atoms with van der Waals surface area (Å²) in [7, 11) is 0. The summed E-state index contributed by atoms with van der Waals surface area (Å²) in [5.41, 5.74) is 3.99. The van der Waals surface area contributed by atoms with Crippen LogP contribution in [0.4, 0.5) is 0 Å². The van der Waals surface area contributed by atoms with Crippen LogP contribution in [-0.2, 0) is 33.5 Å². The van der Waals surface area contributed by atoms with Crippen molar-refractivity contribution in [2.24, 2.45) is 0 Å². The zero-order valence-corrected chi connectivity index (χ0v) is 18.8. The highest BCUT2D eigenvalue weighted by atomic mass is 79.9. The van der Waals surface area contributed by atoms with Crippen molar-refractivity contribution < 1.29 is 14.2 Å². The van der Waals surface area contributed by atoms with Crippen molar-refractivity contribution in [1.29, 1.82) is 0 Å². The van der Waals surface area contributed by atoms with Gasteiger partial charge in [0, 0.05) is 16.0 Å². The molecule has 0 radical (unpaired) electrons. The molecule has 0 atom stereocenters. The minimum Gasteiger partial charge on any atom is -0.380 e. The summed E-state index contributed by atoms with van der Waals surface area (Å²) < 4.78 is 16.8. The fourth-order valence-corrected chi connectivity index (χ4v) is 3.00. The number of benzene rings is 1. The topological polar surface area (TPSA) is 27.7 Å². The third-order valence-corrected chi connectivity index (χ3v) is 4.35. The molecule has 0 spiro atoms. The number of hydrogen-bond acceptors (Lipinski definition) is 3. The second kappa shape index (κ2) is 15.8. The van der Waals surface area contributed by atoms with Gasteiger partial charge in [0.2, 0.25) is 0 Å². The first-order valence-corrected chi connectivity index (χ1v) is 11.7. The Kier molecular flexibility index (Phi) is 14.8. The zero-order valence-electron chi connectivity index (χ0n) is 14.1. The van der Waals surface area contributed by atoms with E-state index in [2.05, 4.69) is 66.0 Å². The molecule has 0 bridgehead atoms. The van der Waals surface area contributed by atoms with Crippen LogP contribution in [0.1, 0.15) is 16.7 Å². The monoisotopic (exact) mass is 528 g/mol. The van der Waals surface area contributed by atoms with E-state index < -0.39 is 0 Å². The van der Waals surface area contributed by atoms with Gasteiger partial charge in [0.1, 0.15) is 0 Å². The van der Waals surface area contributed by atoms with Crippen LogP contribution in [0.5, 0.6) is 0 Å². The van der Waals surface area contributed by atoms with Gasteiger partial charge in [-0.3, -0.25) is 0 Å². The summed E-state index contributed by atoms with van der Waals surface area (Å²) in [6, 6.07) is 6.83. The van der Waals surface area contributed by atoms with Gasteiger partial charge in [0.05, 0.1) is 39.6 Å². The normalized spacial score (nSPS) is 11.1. The first-order valence-electron chi connectivity index (χ1n) is 8.33. The molecule has 0 amide bonds. The fourth-order valence-electron chi connectivity index (χ4n) is 2.31. The maximum Gasteiger partial charge on any atom is 0.0563 e. The lowest BCUT2D eigenvalue weighted by Crippen LogP contribution is -2.06. The third kappa shape index (κ3) is 11.2. The molecule has 0 saturated carbocycles. The molecule has 0 aliphatic carbocycles. The van der Waals surface area contributed by atoms with Gasteiger partial charge in [-0.2, -0.15) is 0 Å². The highest BCUT2D eigenvalue weighted by Gasteiger charge is 2.03. The summed E-state index contributed by atoms with van der Waals surface area (Å²) in [4.78, 5) is 0. The standard InChI is InChI=1S/C18H27Br3O3/c19-4-10-22-7-1-16-13-17(2-8-23-11-5-20)15-18(14-16)3-9-24-12-6-21/h13-15H,1-12H2. The Labute approximate surface area is 171 Å². The van der Waals surface area contributed by atoms with Gasteiger partial charge < -0.3 is 14.2 Å². The van der Waals surface area contributed by atoms with Gasteiger partial charge in [-0.05, 0) is 36.0 Å². The van der Waals surface area contributed by atoms with E-state index in [1.807, 2.05) is 0 Å². The van der Waals surface area contributed by atoms with Gasteiger partial charge >= 0.3 is 0 Å². The number of halogens is 3. The van der Waals surface area contributed by atoms with Crippen LogP contribution in [0.25, 0.3) is 0 Å². The van der Waals surface area contributed by atoms with Gasteiger partial charge in [-0.1, -0.05) is 66.0 Å². The van der Waals surface area contributed by atoms with Crippen LogP contribution in [0, 0.1) is 0 Å². The molecule has 0 aliphatic heterocycles. The Morgan fingerprint density at radius 3 is 1.04 bits per heavy atom. The van der Waals surface area contributed by atoms with Crippen LogP contribution in [-0.4, -0.2) is 55.6 Å². The Morgan fingerprint density at radius 1 is 0.500 bits per heavy atom. The van der Waals surface area contributed by atoms with Crippen molar-refractivity contribution in [2.75, 3.05) is 55.6 Å². The maximum atomic E-state index is 5.59. The highest BCUT2D eigenvalue weighted by molar-refractivity contribution is 9.09. The van der Waals surface area contributed by atoms with Crippen LogP contribution in [0.2, 0.25) is 0 Å². The van der Waals surface area contributed by atoms with Gasteiger partial charge in [0.25, 0.3) is 0 Å². The smallest absolute Gasteiger partial charge is 0.0563 e.